The molecule has 5 aliphatic heterocycles. The molecule has 6 N–H and O–H groups in total. The van der Waals surface area contributed by atoms with Gasteiger partial charge in [-0.05, 0) is 122 Å². The van der Waals surface area contributed by atoms with Crippen molar-refractivity contribution in [1.29, 1.82) is 0 Å². The lowest BCUT2D eigenvalue weighted by Gasteiger charge is -2.44. The van der Waals surface area contributed by atoms with Gasteiger partial charge in [0.2, 0.25) is 5.91 Å². The number of carbonyl (C=O) groups is 2. The van der Waals surface area contributed by atoms with E-state index in [0.29, 0.717) is 59.4 Å². The number of phenolic OH excluding ortho intramolecular Hbond substituents is 1. The zero-order chi connectivity index (χ0) is 55.3. The second kappa shape index (κ2) is 22.5. The van der Waals surface area contributed by atoms with Crippen molar-refractivity contribution in [2.24, 2.45) is 24.8 Å². The van der Waals surface area contributed by atoms with Crippen molar-refractivity contribution >= 4 is 45.0 Å². The number of piperidine rings is 1. The summed E-state index contributed by atoms with van der Waals surface area (Å²) in [6.45, 7) is 11.5. The summed E-state index contributed by atoms with van der Waals surface area (Å²) in [4.78, 5) is 47.4. The summed E-state index contributed by atoms with van der Waals surface area (Å²) in [7, 11) is 1.89. The predicted molar refractivity (Wildman–Crippen MR) is 304 cm³/mol. The molecule has 1 amide bonds. The van der Waals surface area contributed by atoms with Gasteiger partial charge in [-0.3, -0.25) is 19.3 Å². The van der Waals surface area contributed by atoms with Crippen molar-refractivity contribution in [1.82, 2.24) is 51.2 Å². The van der Waals surface area contributed by atoms with E-state index in [1.807, 2.05) is 87.1 Å². The molecule has 0 saturated carbocycles. The molecule has 9 heterocycles. The second-order valence-corrected chi connectivity index (χ2v) is 23.4. The normalized spacial score (nSPS) is 24.6. The lowest BCUT2D eigenvalue weighted by atomic mass is 9.79. The maximum Gasteiger partial charge on any atom is 0.319 e. The number of piperazine rings is 1. The van der Waals surface area contributed by atoms with E-state index in [1.54, 1.807) is 24.5 Å². The van der Waals surface area contributed by atoms with E-state index in [-0.39, 0.29) is 65.2 Å². The van der Waals surface area contributed by atoms with Crippen LogP contribution in [0.1, 0.15) is 101 Å². The number of nitrogens with zero attached hydrogens (tertiary/aromatic N) is 8. The number of Topliss-reactive ketones (excluding diaryl/α,β-unsaturated/α-hetero) is 1. The van der Waals surface area contributed by atoms with Crippen molar-refractivity contribution < 1.29 is 33.5 Å². The number of aromatic nitrogens is 6. The molecule has 80 heavy (non-hydrogen) atoms. The standard InChI is InChI=1S/C61H73FN12O6/c1-6-36-8-7-9-39-26-44(75)27-45(52(36)39)55-54(62)56-46(29-64-55)59(73-31-41-14-15-42(32-73)68-41)70-61(69-56)79-23-19-40-24-35(16-20-63-40)25-43-18-22-74(43)50-28-49(80-71-50)51(33(2)3)58(77)53-48(76)30-65-57(53)60(78)67-34(4)37-10-12-38(13-11-37)47-17-21-66-72(47)5/h7-13,17,21,26-29,33-35,40-43,48,51,53,57,63,65,68,75-76H,6,14-16,18-20,22-25,30-32H2,1-5H3,(H,67,78)/t34-,35?,40?,41?,42?,43?,48?,51?,53?,57?/m0/s1. The van der Waals surface area contributed by atoms with E-state index >= 15 is 4.39 Å². The minimum Gasteiger partial charge on any atom is -0.508 e. The average molecular weight is 1090 g/mol. The molecule has 0 spiro atoms. The Balaban J connectivity index is 0.689. The van der Waals surface area contributed by atoms with Gasteiger partial charge in [-0.2, -0.15) is 15.1 Å². The van der Waals surface area contributed by atoms with E-state index in [2.05, 4.69) is 48.2 Å². The van der Waals surface area contributed by atoms with E-state index in [1.165, 1.54) is 0 Å². The maximum absolute atomic E-state index is 17.2. The predicted octanol–water partition coefficient (Wildman–Crippen LogP) is 7.52. The number of ether oxygens (including phenoxy) is 1. The van der Waals surface area contributed by atoms with Gasteiger partial charge in [-0.25, -0.2) is 4.39 Å². The monoisotopic (exact) mass is 1090 g/mol. The zero-order valence-electron chi connectivity index (χ0n) is 46.2. The largest absolute Gasteiger partial charge is 0.508 e. The number of aliphatic hydroxyl groups is 1. The molecule has 18 nitrogen and oxygen atoms in total. The SMILES string of the molecule is CCc1cccc2cc(O)cc(-c3ncc4c(N5CC6CCC(C5)N6)nc(OCCC5CC(CC6CCN6c6cc(C(C(=O)C7C(O)CNC7C(=O)N[C@@H](C)c7ccc(-c8ccnn8C)cc7)C(C)C)on6)CCN5)nc4c3F)c12. The van der Waals surface area contributed by atoms with Gasteiger partial charge >= 0.3 is 6.01 Å². The molecule has 19 heteroatoms. The number of fused-ring (bicyclic) bond motifs is 4. The molecular formula is C61H73FN12O6. The fourth-order valence-corrected chi connectivity index (χ4v) is 13.5. The molecular weight excluding hydrogens is 1020 g/mol. The van der Waals surface area contributed by atoms with Gasteiger partial charge in [0.05, 0.1) is 47.7 Å². The van der Waals surface area contributed by atoms with Crippen LogP contribution in [-0.4, -0.2) is 127 Å². The summed E-state index contributed by atoms with van der Waals surface area (Å²) >= 11 is 0. The van der Waals surface area contributed by atoms with Gasteiger partial charge in [-0.1, -0.05) is 68.4 Å². The van der Waals surface area contributed by atoms with E-state index in [4.69, 9.17) is 24.2 Å². The molecule has 5 saturated heterocycles. The molecule has 10 atom stereocenters. The topological polar surface area (TPSA) is 221 Å². The van der Waals surface area contributed by atoms with Crippen LogP contribution < -0.4 is 35.8 Å². The summed E-state index contributed by atoms with van der Waals surface area (Å²) in [6.07, 6.45) is 9.97. The van der Waals surface area contributed by atoms with Gasteiger partial charge in [0, 0.05) is 81.4 Å². The lowest BCUT2D eigenvalue weighted by Crippen LogP contribution is -2.51. The van der Waals surface area contributed by atoms with Crippen molar-refractivity contribution in [3.8, 4) is 34.3 Å². The minimum absolute atomic E-state index is 0.0359. The van der Waals surface area contributed by atoms with Crippen LogP contribution in [-0.2, 0) is 23.1 Å². The van der Waals surface area contributed by atoms with Gasteiger partial charge in [-0.15, -0.1) is 0 Å². The number of rotatable bonds is 18. The minimum atomic E-state index is -1.04. The summed E-state index contributed by atoms with van der Waals surface area (Å²) in [5, 5.41) is 46.6. The van der Waals surface area contributed by atoms with Crippen molar-refractivity contribution in [2.75, 3.05) is 49.1 Å². The molecule has 7 aromatic rings. The zero-order valence-corrected chi connectivity index (χ0v) is 46.2. The number of aromatic hydroxyl groups is 1. The van der Waals surface area contributed by atoms with E-state index < -0.39 is 29.8 Å². The summed E-state index contributed by atoms with van der Waals surface area (Å²) < 4.78 is 31.4. The quantitative estimate of drug-likeness (QED) is 0.0489. The highest BCUT2D eigenvalue weighted by atomic mass is 19.1. The molecule has 420 valence electrons. The molecule has 12 rings (SSSR count). The highest BCUT2D eigenvalue weighted by Gasteiger charge is 2.48. The number of anilines is 2. The first-order valence-electron chi connectivity index (χ1n) is 28.8. The Kier molecular flexibility index (Phi) is 15.0. The van der Waals surface area contributed by atoms with Crippen LogP contribution in [0.2, 0.25) is 0 Å². The fourth-order valence-electron chi connectivity index (χ4n) is 13.5. The summed E-state index contributed by atoms with van der Waals surface area (Å²) in [6, 6.07) is 20.9. The number of β-amino-alcohol motifs (C(OH)–C–C–N with tert-alkyl or cyclic N) is 1. The number of amides is 1. The van der Waals surface area contributed by atoms with Gasteiger partial charge < -0.3 is 50.5 Å². The molecule has 9 unspecified atom stereocenters. The first kappa shape index (κ1) is 53.6. The Hall–Kier alpha value is -7.06. The number of carbonyl (C=O) groups excluding carboxylic acids is 2. The van der Waals surface area contributed by atoms with Crippen LogP contribution in [0.15, 0.2) is 83.6 Å². The number of benzene rings is 3. The Labute approximate surface area is 465 Å². The number of halogens is 1. The van der Waals surface area contributed by atoms with Gasteiger partial charge in [0.25, 0.3) is 0 Å². The molecule has 0 radical (unpaired) electrons. The third-order valence-corrected chi connectivity index (χ3v) is 17.8. The number of hydrogen-bond donors (Lipinski definition) is 6. The molecule has 0 aliphatic carbocycles. The van der Waals surface area contributed by atoms with Crippen LogP contribution in [0.3, 0.4) is 0 Å². The second-order valence-electron chi connectivity index (χ2n) is 23.4. The van der Waals surface area contributed by atoms with E-state index in [9.17, 15) is 19.8 Å². The third kappa shape index (κ3) is 10.5. The average Bonchev–Trinajstić information content (AvgIpc) is 4.28. The molecule has 4 aromatic heterocycles. The summed E-state index contributed by atoms with van der Waals surface area (Å²) in [5.41, 5.74) is 4.72. The fraction of sp³-hybridized carbons (Fsp3) is 0.492. The maximum atomic E-state index is 17.2. The van der Waals surface area contributed by atoms with Crippen LogP contribution >= 0.6 is 0 Å². The number of aliphatic hydroxyl groups excluding tert-OH is 1. The Morgan fingerprint density at radius 3 is 2.54 bits per heavy atom. The lowest BCUT2D eigenvalue weighted by molar-refractivity contribution is -0.134. The molecule has 3 aromatic carbocycles. The highest BCUT2D eigenvalue weighted by Crippen LogP contribution is 2.41. The van der Waals surface area contributed by atoms with Crippen LogP contribution in [0.5, 0.6) is 11.8 Å². The van der Waals surface area contributed by atoms with Crippen LogP contribution in [0.4, 0.5) is 16.0 Å². The smallest absolute Gasteiger partial charge is 0.319 e. The van der Waals surface area contributed by atoms with Crippen molar-refractivity contribution in [3.05, 3.63) is 102 Å². The number of hydrogen-bond acceptors (Lipinski definition) is 16. The van der Waals surface area contributed by atoms with Crippen LogP contribution in [0.25, 0.3) is 44.2 Å². The van der Waals surface area contributed by atoms with E-state index in [0.717, 1.165) is 104 Å². The first-order valence-corrected chi connectivity index (χ1v) is 28.8. The van der Waals surface area contributed by atoms with Gasteiger partial charge in [0.1, 0.15) is 28.5 Å². The summed E-state index contributed by atoms with van der Waals surface area (Å²) in [5.74, 6) is -0.816. The first-order chi connectivity index (χ1) is 38.8. The number of aryl methyl sites for hydroxylation is 2. The van der Waals surface area contributed by atoms with Gasteiger partial charge in [0.15, 0.2) is 17.4 Å². The number of ketones is 1. The Morgan fingerprint density at radius 1 is 0.988 bits per heavy atom. The Morgan fingerprint density at radius 2 is 1.80 bits per heavy atom. The molecule has 2 bridgehead atoms. The highest BCUT2D eigenvalue weighted by molar-refractivity contribution is 6.02. The molecule has 5 fully saturated rings. The Bertz CT molecular complexity index is 3390. The van der Waals surface area contributed by atoms with Crippen molar-refractivity contribution in [2.45, 2.75) is 127 Å². The third-order valence-electron chi connectivity index (χ3n) is 17.8. The number of phenols is 1. The number of nitrogens with one attached hydrogen (secondary N) is 4. The van der Waals surface area contributed by atoms with Crippen LogP contribution in [0, 0.1) is 23.6 Å². The number of pyridine rings is 1. The molecule has 5 aliphatic rings. The van der Waals surface area contributed by atoms with Crippen molar-refractivity contribution in [3.63, 3.8) is 0 Å².